The van der Waals surface area contributed by atoms with E-state index in [9.17, 15) is 0 Å². The van der Waals surface area contributed by atoms with E-state index in [1.807, 2.05) is 18.3 Å². The minimum Gasteiger partial charge on any atom is -0.496 e. The van der Waals surface area contributed by atoms with E-state index >= 15 is 0 Å². The molecule has 0 radical (unpaired) electrons. The van der Waals surface area contributed by atoms with Crippen LogP contribution in [-0.4, -0.2) is 41.7 Å². The van der Waals surface area contributed by atoms with Gasteiger partial charge in [0, 0.05) is 29.2 Å². The first kappa shape index (κ1) is 20.1. The van der Waals surface area contributed by atoms with Gasteiger partial charge in [-0.25, -0.2) is 9.97 Å². The van der Waals surface area contributed by atoms with Crippen molar-refractivity contribution >= 4 is 22.3 Å². The van der Waals surface area contributed by atoms with Crippen LogP contribution in [0.25, 0.3) is 0 Å². The number of ether oxygens (including phenoxy) is 3. The third-order valence-corrected chi connectivity index (χ3v) is 6.48. The zero-order valence-corrected chi connectivity index (χ0v) is 18.6. The van der Waals surface area contributed by atoms with Crippen LogP contribution in [0.3, 0.4) is 0 Å². The average Bonchev–Trinajstić information content (AvgIpc) is 3.42. The van der Waals surface area contributed by atoms with E-state index in [0.29, 0.717) is 13.2 Å². The van der Waals surface area contributed by atoms with Gasteiger partial charge in [-0.05, 0) is 44.5 Å². The number of benzene rings is 1. The van der Waals surface area contributed by atoms with Crippen molar-refractivity contribution in [1.82, 2.24) is 14.9 Å². The third-order valence-electron chi connectivity index (χ3n) is 5.65. The van der Waals surface area contributed by atoms with E-state index in [0.717, 1.165) is 65.4 Å². The summed E-state index contributed by atoms with van der Waals surface area (Å²) >= 11 is 1.63. The van der Waals surface area contributed by atoms with Crippen LogP contribution >= 0.6 is 11.3 Å². The van der Waals surface area contributed by atoms with Crippen LogP contribution in [0.5, 0.6) is 17.2 Å². The topological polar surface area (TPSA) is 68.7 Å². The Labute approximate surface area is 186 Å². The van der Waals surface area contributed by atoms with E-state index in [4.69, 9.17) is 19.2 Å². The smallest absolute Gasteiger partial charge is 0.188 e. The molecule has 0 bridgehead atoms. The fourth-order valence-corrected chi connectivity index (χ4v) is 4.90. The van der Waals surface area contributed by atoms with Gasteiger partial charge in [-0.15, -0.1) is 11.3 Å². The molecule has 0 saturated carbocycles. The van der Waals surface area contributed by atoms with Gasteiger partial charge in [0.2, 0.25) is 0 Å². The first-order chi connectivity index (χ1) is 15.2. The first-order valence-corrected chi connectivity index (χ1v) is 11.4. The summed E-state index contributed by atoms with van der Waals surface area (Å²) in [6.45, 7) is 4.99. The Hall–Kier alpha value is -2.84. The van der Waals surface area contributed by atoms with E-state index in [1.165, 1.54) is 4.88 Å². The summed E-state index contributed by atoms with van der Waals surface area (Å²) in [5, 5.41) is 4.20. The number of thiazole rings is 1. The van der Waals surface area contributed by atoms with Gasteiger partial charge < -0.3 is 19.5 Å². The average molecular weight is 439 g/mol. The van der Waals surface area contributed by atoms with Gasteiger partial charge >= 0.3 is 0 Å². The van der Waals surface area contributed by atoms with E-state index in [1.54, 1.807) is 18.4 Å². The number of aryl methyl sites for hydroxylation is 1. The molecule has 1 N–H and O–H groups in total. The molecule has 1 aromatic carbocycles. The lowest BCUT2D eigenvalue weighted by Gasteiger charge is -2.26. The molecule has 1 fully saturated rings. The van der Waals surface area contributed by atoms with E-state index < -0.39 is 0 Å². The van der Waals surface area contributed by atoms with Gasteiger partial charge in [0.05, 0.1) is 18.8 Å². The summed E-state index contributed by atoms with van der Waals surface area (Å²) in [6.07, 6.45) is 4.10. The minimum atomic E-state index is 0.262. The molecule has 7 nitrogen and oxygen atoms in total. The van der Waals surface area contributed by atoms with Crippen molar-refractivity contribution < 1.29 is 14.2 Å². The van der Waals surface area contributed by atoms with Crippen LogP contribution in [0.4, 0.5) is 10.9 Å². The monoisotopic (exact) mass is 438 g/mol. The number of hydrogen-bond donors (Lipinski definition) is 1. The number of nitrogens with zero attached hydrogens (tertiary/aromatic N) is 3. The standard InChI is InChI=1S/C23H26N4O3S/c1-15-13-24-23(31-15)26-22-7-3-5-17(25-22)18-6-4-8-27(18)14-16-11-20-21(12-19(16)28-2)30-10-9-29-20/h3,5,7,11-13,18H,4,6,8-10,14H2,1-2H3,(H,24,25,26)/t18-/m1/s1. The van der Waals surface area contributed by atoms with Gasteiger partial charge in [0.15, 0.2) is 16.6 Å². The molecule has 0 unspecified atom stereocenters. The second-order valence-electron chi connectivity index (χ2n) is 7.78. The normalized spacial score (nSPS) is 18.2. The highest BCUT2D eigenvalue weighted by molar-refractivity contribution is 7.15. The predicted octanol–water partition coefficient (Wildman–Crippen LogP) is 4.71. The Morgan fingerprint density at radius 1 is 1.23 bits per heavy atom. The van der Waals surface area contributed by atoms with Crippen LogP contribution in [-0.2, 0) is 6.54 Å². The second-order valence-corrected chi connectivity index (χ2v) is 9.02. The van der Waals surface area contributed by atoms with Gasteiger partial charge in [-0.1, -0.05) is 6.07 Å². The van der Waals surface area contributed by atoms with E-state index in [-0.39, 0.29) is 6.04 Å². The molecule has 8 heteroatoms. The second kappa shape index (κ2) is 8.72. The maximum atomic E-state index is 5.79. The molecule has 2 aliphatic heterocycles. The van der Waals surface area contributed by atoms with E-state index in [2.05, 4.69) is 40.3 Å². The zero-order valence-electron chi connectivity index (χ0n) is 17.8. The van der Waals surface area contributed by atoms with Crippen LogP contribution in [0.2, 0.25) is 0 Å². The summed E-state index contributed by atoms with van der Waals surface area (Å²) in [4.78, 5) is 12.9. The molecule has 2 aliphatic rings. The summed E-state index contributed by atoms with van der Waals surface area (Å²) in [5.41, 5.74) is 2.18. The van der Waals surface area contributed by atoms with Crippen LogP contribution in [0.1, 0.15) is 35.0 Å². The Morgan fingerprint density at radius 3 is 2.84 bits per heavy atom. The van der Waals surface area contributed by atoms with Crippen LogP contribution < -0.4 is 19.5 Å². The van der Waals surface area contributed by atoms with Crippen LogP contribution in [0.15, 0.2) is 36.5 Å². The fraction of sp³-hybridized carbons (Fsp3) is 0.391. The summed E-state index contributed by atoms with van der Waals surface area (Å²) < 4.78 is 17.2. The van der Waals surface area contributed by atoms with Gasteiger partial charge in [-0.2, -0.15) is 0 Å². The first-order valence-electron chi connectivity index (χ1n) is 10.6. The number of methoxy groups -OCH3 is 1. The number of rotatable bonds is 6. The van der Waals surface area contributed by atoms with Crippen molar-refractivity contribution in [1.29, 1.82) is 0 Å². The molecule has 1 atom stereocenters. The Bertz CT molecular complexity index is 1070. The lowest BCUT2D eigenvalue weighted by atomic mass is 10.1. The zero-order chi connectivity index (χ0) is 21.2. The molecule has 2 aromatic heterocycles. The third kappa shape index (κ3) is 4.31. The fourth-order valence-electron chi connectivity index (χ4n) is 4.22. The van der Waals surface area contributed by atoms with Crippen LogP contribution in [0, 0.1) is 6.92 Å². The van der Waals surface area contributed by atoms with Gasteiger partial charge in [0.25, 0.3) is 0 Å². The predicted molar refractivity (Wildman–Crippen MR) is 121 cm³/mol. The largest absolute Gasteiger partial charge is 0.496 e. The Kier molecular flexibility index (Phi) is 5.65. The molecule has 0 aliphatic carbocycles. The van der Waals surface area contributed by atoms with Crippen molar-refractivity contribution in [3.05, 3.63) is 52.7 Å². The molecule has 5 rings (SSSR count). The van der Waals surface area contributed by atoms with Crippen molar-refractivity contribution in [2.45, 2.75) is 32.4 Å². The molecule has 4 heterocycles. The number of pyridine rings is 1. The Morgan fingerprint density at radius 2 is 2.06 bits per heavy atom. The highest BCUT2D eigenvalue weighted by Crippen LogP contribution is 2.40. The summed E-state index contributed by atoms with van der Waals surface area (Å²) in [6, 6.07) is 10.4. The van der Waals surface area contributed by atoms with Crippen molar-refractivity contribution in [2.75, 3.05) is 32.2 Å². The molecule has 0 amide bonds. The molecule has 0 spiro atoms. The quantitative estimate of drug-likeness (QED) is 0.598. The molecule has 3 aromatic rings. The molecule has 162 valence electrons. The molecular weight excluding hydrogens is 412 g/mol. The summed E-state index contributed by atoms with van der Waals surface area (Å²) in [5.74, 6) is 3.21. The highest BCUT2D eigenvalue weighted by Gasteiger charge is 2.29. The number of nitrogens with one attached hydrogen (secondary N) is 1. The molecule has 1 saturated heterocycles. The number of fused-ring (bicyclic) bond motifs is 1. The maximum Gasteiger partial charge on any atom is 0.188 e. The minimum absolute atomic E-state index is 0.262. The number of likely N-dealkylation sites (tertiary alicyclic amines) is 1. The van der Waals surface area contributed by atoms with Gasteiger partial charge in [-0.3, -0.25) is 4.90 Å². The Balaban J connectivity index is 1.36. The van der Waals surface area contributed by atoms with Crippen molar-refractivity contribution in [2.24, 2.45) is 0 Å². The number of hydrogen-bond acceptors (Lipinski definition) is 8. The summed E-state index contributed by atoms with van der Waals surface area (Å²) in [7, 11) is 1.70. The van der Waals surface area contributed by atoms with Crippen molar-refractivity contribution in [3.8, 4) is 17.2 Å². The highest BCUT2D eigenvalue weighted by atomic mass is 32.1. The SMILES string of the molecule is COc1cc2c(cc1CN1CCC[C@@H]1c1cccc(Nc3ncc(C)s3)n1)OCCO2. The lowest BCUT2D eigenvalue weighted by molar-refractivity contribution is 0.169. The van der Waals surface area contributed by atoms with Crippen molar-refractivity contribution in [3.63, 3.8) is 0 Å². The number of aromatic nitrogens is 2. The molecule has 31 heavy (non-hydrogen) atoms. The number of anilines is 2. The maximum absolute atomic E-state index is 5.79. The molecular formula is C23H26N4O3S. The van der Waals surface area contributed by atoms with Gasteiger partial charge in [0.1, 0.15) is 24.8 Å². The lowest BCUT2D eigenvalue weighted by Crippen LogP contribution is -2.24.